The zero-order valence-electron chi connectivity index (χ0n) is 13.1. The number of β-lactam (4-membered cyclic amide) rings is 1. The van der Waals surface area contributed by atoms with Gasteiger partial charge in [0.1, 0.15) is 5.76 Å². The average Bonchev–Trinajstić information content (AvgIpc) is 2.77. The lowest BCUT2D eigenvalue weighted by Gasteiger charge is -2.46. The van der Waals surface area contributed by atoms with Crippen molar-refractivity contribution in [2.75, 3.05) is 4.90 Å². The van der Waals surface area contributed by atoms with Gasteiger partial charge >= 0.3 is 5.97 Å². The molecule has 0 spiro atoms. The molecule has 0 radical (unpaired) electrons. The van der Waals surface area contributed by atoms with E-state index in [0.717, 1.165) is 14.8 Å². The van der Waals surface area contributed by atoms with Gasteiger partial charge < -0.3 is 9.64 Å². The Kier molecular flexibility index (Phi) is 5.21. The molecule has 1 saturated heterocycles. The first-order valence-electron chi connectivity index (χ1n) is 7.57. The molecule has 0 aromatic heterocycles. The molecule has 3 rings (SSSR count). The zero-order chi connectivity index (χ0) is 17.3. The van der Waals surface area contributed by atoms with Crippen LogP contribution in [0.5, 0.6) is 0 Å². The molecule has 1 heterocycles. The molecule has 2 aliphatic rings. The number of esters is 1. The van der Waals surface area contributed by atoms with E-state index in [0.29, 0.717) is 12.2 Å². The summed E-state index contributed by atoms with van der Waals surface area (Å²) in [6.45, 7) is 1.39. The number of amides is 1. The van der Waals surface area contributed by atoms with Crippen molar-refractivity contribution in [2.45, 2.75) is 25.0 Å². The third-order valence-electron chi connectivity index (χ3n) is 3.97. The van der Waals surface area contributed by atoms with E-state index in [1.165, 1.54) is 6.92 Å². The SMILES string of the molecule is CC(=O)OC1=CC=CC(C2C(P)C(=O)N2c2ccc(I)cc2)=CC1. The third-order valence-corrected chi connectivity index (χ3v) is 5.34. The van der Waals surface area contributed by atoms with E-state index in [1.807, 2.05) is 47.4 Å². The highest BCUT2D eigenvalue weighted by Gasteiger charge is 2.46. The summed E-state index contributed by atoms with van der Waals surface area (Å²) in [6.07, 6.45) is 8.18. The van der Waals surface area contributed by atoms with E-state index >= 15 is 0 Å². The second kappa shape index (κ2) is 7.19. The first-order chi connectivity index (χ1) is 11.5. The van der Waals surface area contributed by atoms with Gasteiger partial charge in [-0.1, -0.05) is 18.2 Å². The number of benzene rings is 1. The summed E-state index contributed by atoms with van der Waals surface area (Å²) in [5, 5.41) is 0. The van der Waals surface area contributed by atoms with Crippen molar-refractivity contribution in [3.05, 3.63) is 63.5 Å². The van der Waals surface area contributed by atoms with Crippen LogP contribution in [0.3, 0.4) is 0 Å². The summed E-state index contributed by atoms with van der Waals surface area (Å²) in [5.41, 5.74) is 1.80. The van der Waals surface area contributed by atoms with Crippen molar-refractivity contribution >= 4 is 49.4 Å². The number of rotatable bonds is 3. The molecule has 0 N–H and O–H groups in total. The molecule has 3 unspecified atom stereocenters. The van der Waals surface area contributed by atoms with E-state index in [1.54, 1.807) is 6.08 Å². The maximum atomic E-state index is 12.4. The van der Waals surface area contributed by atoms with Crippen LogP contribution in [0.25, 0.3) is 0 Å². The fourth-order valence-electron chi connectivity index (χ4n) is 2.86. The van der Waals surface area contributed by atoms with Gasteiger partial charge in [-0.05, 0) is 58.5 Å². The third kappa shape index (κ3) is 3.47. The number of nitrogens with zero attached hydrogens (tertiary/aromatic N) is 1. The van der Waals surface area contributed by atoms with Gasteiger partial charge in [0.15, 0.2) is 0 Å². The van der Waals surface area contributed by atoms with Gasteiger partial charge in [-0.3, -0.25) is 9.59 Å². The number of anilines is 1. The molecule has 124 valence electrons. The topological polar surface area (TPSA) is 46.6 Å². The lowest BCUT2D eigenvalue weighted by Crippen LogP contribution is -2.63. The summed E-state index contributed by atoms with van der Waals surface area (Å²) in [5.74, 6) is 0.383. The van der Waals surface area contributed by atoms with Crippen molar-refractivity contribution in [3.63, 3.8) is 0 Å². The zero-order valence-corrected chi connectivity index (χ0v) is 16.4. The molecule has 3 atom stereocenters. The van der Waals surface area contributed by atoms with Gasteiger partial charge in [0, 0.05) is 22.6 Å². The summed E-state index contributed by atoms with van der Waals surface area (Å²) in [7, 11) is 2.64. The van der Waals surface area contributed by atoms with E-state index in [-0.39, 0.29) is 23.6 Å². The van der Waals surface area contributed by atoms with E-state index < -0.39 is 0 Å². The second-order valence-corrected chi connectivity index (χ2v) is 7.61. The first kappa shape index (κ1) is 17.4. The fraction of sp³-hybridized carbons (Fsp3) is 0.222. The van der Waals surface area contributed by atoms with Crippen molar-refractivity contribution in [3.8, 4) is 0 Å². The molecule has 24 heavy (non-hydrogen) atoms. The highest BCUT2D eigenvalue weighted by Crippen LogP contribution is 2.38. The highest BCUT2D eigenvalue weighted by atomic mass is 127. The van der Waals surface area contributed by atoms with Crippen LogP contribution in [0.15, 0.2) is 59.9 Å². The summed E-state index contributed by atoms with van der Waals surface area (Å²) in [4.78, 5) is 25.3. The largest absolute Gasteiger partial charge is 0.431 e. The Morgan fingerprint density at radius 2 is 2.04 bits per heavy atom. The second-order valence-electron chi connectivity index (χ2n) is 5.65. The van der Waals surface area contributed by atoms with Gasteiger partial charge in [-0.2, -0.15) is 0 Å². The van der Waals surface area contributed by atoms with Crippen LogP contribution in [0.1, 0.15) is 13.3 Å². The van der Waals surface area contributed by atoms with E-state index in [9.17, 15) is 9.59 Å². The van der Waals surface area contributed by atoms with Crippen LogP contribution in [0.2, 0.25) is 0 Å². The standard InChI is InChI=1S/C18H17INO3P/c1-11(21)23-15-4-2-3-12(5-10-15)16-17(24)18(22)20(16)14-8-6-13(19)7-9-14/h2-9,16-17H,10,24H2,1H3. The number of carbonyl (C=O) groups is 2. The molecular weight excluding hydrogens is 436 g/mol. The lowest BCUT2D eigenvalue weighted by molar-refractivity contribution is -0.137. The smallest absolute Gasteiger partial charge is 0.307 e. The van der Waals surface area contributed by atoms with Crippen LogP contribution in [-0.4, -0.2) is 23.6 Å². The molecule has 1 amide bonds. The average molecular weight is 453 g/mol. The Bertz CT molecular complexity index is 767. The molecule has 1 aromatic carbocycles. The summed E-state index contributed by atoms with van der Waals surface area (Å²) >= 11 is 2.25. The summed E-state index contributed by atoms with van der Waals surface area (Å²) < 4.78 is 6.29. The molecule has 1 aliphatic carbocycles. The minimum atomic E-state index is -0.324. The maximum absolute atomic E-state index is 12.4. The predicted molar refractivity (Wildman–Crippen MR) is 106 cm³/mol. The van der Waals surface area contributed by atoms with Crippen LogP contribution < -0.4 is 4.90 Å². The number of halogens is 1. The quantitative estimate of drug-likeness (QED) is 0.304. The minimum absolute atomic E-state index is 0.0242. The first-order valence-corrected chi connectivity index (χ1v) is 9.32. The minimum Gasteiger partial charge on any atom is -0.431 e. The number of hydrogen-bond donors (Lipinski definition) is 0. The molecule has 1 fully saturated rings. The molecule has 6 heteroatoms. The Labute approximate surface area is 157 Å². The van der Waals surface area contributed by atoms with Gasteiger partial charge in [0.2, 0.25) is 5.91 Å². The Balaban J connectivity index is 1.83. The molecule has 1 aliphatic heterocycles. The fourth-order valence-corrected chi connectivity index (χ4v) is 3.77. The highest BCUT2D eigenvalue weighted by molar-refractivity contribution is 14.1. The van der Waals surface area contributed by atoms with Crippen molar-refractivity contribution in [1.29, 1.82) is 0 Å². The van der Waals surface area contributed by atoms with Crippen molar-refractivity contribution in [1.82, 2.24) is 0 Å². The van der Waals surface area contributed by atoms with Gasteiger partial charge in [0.05, 0.1) is 11.7 Å². The van der Waals surface area contributed by atoms with Gasteiger partial charge in [-0.25, -0.2) is 0 Å². The Morgan fingerprint density at radius 1 is 1.33 bits per heavy atom. The lowest BCUT2D eigenvalue weighted by atomic mass is 9.91. The molecule has 0 saturated carbocycles. The van der Waals surface area contributed by atoms with Crippen LogP contribution in [0, 0.1) is 3.57 Å². The molecule has 1 aromatic rings. The van der Waals surface area contributed by atoms with Crippen LogP contribution in [0.4, 0.5) is 5.69 Å². The predicted octanol–water partition coefficient (Wildman–Crippen LogP) is 3.58. The number of carbonyl (C=O) groups excluding carboxylic acids is 2. The molecule has 0 bridgehead atoms. The van der Waals surface area contributed by atoms with Crippen LogP contribution in [-0.2, 0) is 14.3 Å². The van der Waals surface area contributed by atoms with Crippen LogP contribution >= 0.6 is 31.8 Å². The monoisotopic (exact) mass is 453 g/mol. The van der Waals surface area contributed by atoms with Crippen molar-refractivity contribution in [2.24, 2.45) is 0 Å². The Morgan fingerprint density at radius 3 is 2.71 bits per heavy atom. The number of hydrogen-bond acceptors (Lipinski definition) is 3. The van der Waals surface area contributed by atoms with E-state index in [2.05, 4.69) is 31.8 Å². The number of allylic oxidation sites excluding steroid dienone is 3. The van der Waals surface area contributed by atoms with E-state index in [4.69, 9.17) is 4.74 Å². The van der Waals surface area contributed by atoms with Crippen molar-refractivity contribution < 1.29 is 14.3 Å². The van der Waals surface area contributed by atoms with Gasteiger partial charge in [-0.15, -0.1) is 9.24 Å². The van der Waals surface area contributed by atoms with Gasteiger partial charge in [0.25, 0.3) is 0 Å². The maximum Gasteiger partial charge on any atom is 0.307 e. The normalized spacial score (nSPS) is 23.1. The molecular formula is C18H17INO3P. The number of ether oxygens (including phenoxy) is 1. The molecule has 4 nitrogen and oxygen atoms in total. The Hall–Kier alpha value is -1.46. The summed E-state index contributed by atoms with van der Waals surface area (Å²) in [6, 6.07) is 7.89.